The monoisotopic (exact) mass is 371 g/mol. The van der Waals surface area contributed by atoms with Gasteiger partial charge < -0.3 is 14.4 Å². The molecule has 0 N–H and O–H groups in total. The maximum absolute atomic E-state index is 12.7. The summed E-state index contributed by atoms with van der Waals surface area (Å²) >= 11 is 0. The van der Waals surface area contributed by atoms with Crippen molar-refractivity contribution in [1.29, 1.82) is 0 Å². The first kappa shape index (κ1) is 18.9. The molecular weight excluding hydrogens is 346 g/mol. The Morgan fingerprint density at radius 1 is 1.22 bits per heavy atom. The molecule has 27 heavy (non-hydrogen) atoms. The summed E-state index contributed by atoms with van der Waals surface area (Å²) in [6.45, 7) is 4.85. The van der Waals surface area contributed by atoms with Crippen molar-refractivity contribution in [2.75, 3.05) is 27.3 Å². The van der Waals surface area contributed by atoms with Crippen LogP contribution < -0.4 is 15.0 Å². The number of aryl methyl sites for hydroxylation is 2. The Balaban J connectivity index is 1.74. The van der Waals surface area contributed by atoms with Gasteiger partial charge in [-0.1, -0.05) is 0 Å². The van der Waals surface area contributed by atoms with Gasteiger partial charge in [0.2, 0.25) is 5.91 Å². The molecule has 1 amide bonds. The number of likely N-dealkylation sites (tertiary alicyclic amines) is 1. The minimum Gasteiger partial charge on any atom is -0.497 e. The van der Waals surface area contributed by atoms with Crippen molar-refractivity contribution >= 4 is 5.91 Å². The van der Waals surface area contributed by atoms with E-state index in [0.29, 0.717) is 13.1 Å². The van der Waals surface area contributed by atoms with Crippen LogP contribution in [-0.2, 0) is 11.3 Å². The van der Waals surface area contributed by atoms with Crippen LogP contribution in [0.4, 0.5) is 0 Å². The van der Waals surface area contributed by atoms with Gasteiger partial charge in [-0.05, 0) is 44.0 Å². The molecule has 7 nitrogen and oxygen atoms in total. The molecule has 3 rings (SSSR count). The van der Waals surface area contributed by atoms with Crippen molar-refractivity contribution in [3.05, 3.63) is 51.4 Å². The molecule has 1 aliphatic rings. The molecule has 7 heteroatoms. The average Bonchev–Trinajstić information content (AvgIpc) is 3.15. The molecule has 0 aliphatic carbocycles. The van der Waals surface area contributed by atoms with Gasteiger partial charge in [0.1, 0.15) is 18.0 Å². The van der Waals surface area contributed by atoms with Gasteiger partial charge in [0.15, 0.2) is 0 Å². The highest BCUT2D eigenvalue weighted by Crippen LogP contribution is 2.36. The number of carbonyl (C=O) groups excluding carboxylic acids is 1. The molecule has 144 valence electrons. The predicted molar refractivity (Wildman–Crippen MR) is 101 cm³/mol. The molecule has 0 radical (unpaired) electrons. The summed E-state index contributed by atoms with van der Waals surface area (Å²) in [7, 11) is 3.27. The smallest absolute Gasteiger partial charge is 0.267 e. The van der Waals surface area contributed by atoms with Crippen molar-refractivity contribution in [3.8, 4) is 11.5 Å². The van der Waals surface area contributed by atoms with E-state index in [-0.39, 0.29) is 23.9 Å². The first-order chi connectivity index (χ1) is 12.9. The van der Waals surface area contributed by atoms with Crippen LogP contribution in [-0.4, -0.2) is 47.9 Å². The molecule has 1 aromatic heterocycles. The molecule has 2 aromatic rings. The van der Waals surface area contributed by atoms with Crippen LogP contribution >= 0.6 is 0 Å². The molecule has 0 spiro atoms. The molecule has 1 fully saturated rings. The Morgan fingerprint density at radius 2 is 2.00 bits per heavy atom. The third kappa shape index (κ3) is 3.97. The fraction of sp³-hybridized carbons (Fsp3) is 0.450. The maximum Gasteiger partial charge on any atom is 0.267 e. The summed E-state index contributed by atoms with van der Waals surface area (Å²) in [4.78, 5) is 26.6. The molecule has 1 atom stereocenters. The predicted octanol–water partition coefficient (Wildman–Crippen LogP) is 1.89. The lowest BCUT2D eigenvalue weighted by molar-refractivity contribution is -0.131. The molecule has 2 heterocycles. The van der Waals surface area contributed by atoms with Crippen molar-refractivity contribution < 1.29 is 14.3 Å². The number of nitrogens with zero attached hydrogens (tertiary/aromatic N) is 3. The lowest BCUT2D eigenvalue weighted by Gasteiger charge is -2.19. The molecule has 1 saturated heterocycles. The second kappa shape index (κ2) is 7.82. The number of methoxy groups -OCH3 is 2. The summed E-state index contributed by atoms with van der Waals surface area (Å²) in [6, 6.07) is 7.23. The van der Waals surface area contributed by atoms with E-state index in [4.69, 9.17) is 9.47 Å². The minimum atomic E-state index is -0.253. The highest BCUT2D eigenvalue weighted by Gasteiger charge is 2.29. The van der Waals surface area contributed by atoms with Crippen molar-refractivity contribution in [3.63, 3.8) is 0 Å². The fourth-order valence-electron chi connectivity index (χ4n) is 3.41. The number of hydrogen-bond acceptors (Lipinski definition) is 5. The topological polar surface area (TPSA) is 73.7 Å². The Hall–Kier alpha value is -2.83. The van der Waals surface area contributed by atoms with E-state index in [1.807, 2.05) is 32.0 Å². The highest BCUT2D eigenvalue weighted by atomic mass is 16.5. The Morgan fingerprint density at radius 3 is 2.70 bits per heavy atom. The summed E-state index contributed by atoms with van der Waals surface area (Å²) in [6.07, 6.45) is 0.838. The van der Waals surface area contributed by atoms with Crippen LogP contribution in [0.25, 0.3) is 0 Å². The van der Waals surface area contributed by atoms with E-state index in [1.165, 1.54) is 10.7 Å². The van der Waals surface area contributed by atoms with E-state index in [0.717, 1.165) is 34.7 Å². The number of rotatable bonds is 5. The second-order valence-corrected chi connectivity index (χ2v) is 6.84. The Bertz CT molecular complexity index is 907. The molecule has 1 aromatic carbocycles. The number of aromatic nitrogens is 2. The third-order valence-corrected chi connectivity index (χ3v) is 5.14. The molecular formula is C20H25N3O4. The Kier molecular flexibility index (Phi) is 5.48. The van der Waals surface area contributed by atoms with Gasteiger partial charge >= 0.3 is 0 Å². The van der Waals surface area contributed by atoms with Gasteiger partial charge in [0.25, 0.3) is 5.56 Å². The molecule has 0 bridgehead atoms. The average molecular weight is 371 g/mol. The summed E-state index contributed by atoms with van der Waals surface area (Å²) in [5.41, 5.74) is 2.36. The van der Waals surface area contributed by atoms with Gasteiger partial charge in [0, 0.05) is 30.6 Å². The maximum atomic E-state index is 12.7. The van der Waals surface area contributed by atoms with Crippen molar-refractivity contribution in [2.24, 2.45) is 0 Å². The van der Waals surface area contributed by atoms with E-state index >= 15 is 0 Å². The van der Waals surface area contributed by atoms with Crippen molar-refractivity contribution in [1.82, 2.24) is 14.7 Å². The quantitative estimate of drug-likeness (QED) is 0.803. The van der Waals surface area contributed by atoms with Crippen LogP contribution in [0, 0.1) is 13.8 Å². The van der Waals surface area contributed by atoms with Crippen molar-refractivity contribution in [2.45, 2.75) is 32.7 Å². The van der Waals surface area contributed by atoms with Gasteiger partial charge in [-0.25, -0.2) is 4.68 Å². The SMILES string of the molecule is COc1ccc(OC)c([C@@H]2CCN(C(=O)Cn3nc(C)c(C)cc3=O)C2)c1. The van der Waals surface area contributed by atoms with Gasteiger partial charge in [-0.15, -0.1) is 0 Å². The first-order valence-electron chi connectivity index (χ1n) is 8.98. The summed E-state index contributed by atoms with van der Waals surface area (Å²) < 4.78 is 12.0. The normalized spacial score (nSPS) is 16.4. The number of amides is 1. The number of hydrogen-bond donors (Lipinski definition) is 0. The molecule has 0 saturated carbocycles. The summed E-state index contributed by atoms with van der Waals surface area (Å²) in [5, 5.41) is 4.23. The Labute approximate surface area is 158 Å². The van der Waals surface area contributed by atoms with E-state index < -0.39 is 0 Å². The zero-order valence-electron chi connectivity index (χ0n) is 16.2. The largest absolute Gasteiger partial charge is 0.497 e. The van der Waals surface area contributed by atoms with E-state index in [9.17, 15) is 9.59 Å². The number of benzene rings is 1. The van der Waals surface area contributed by atoms with Crippen LogP contribution in [0.3, 0.4) is 0 Å². The lowest BCUT2D eigenvalue weighted by atomic mass is 9.97. The van der Waals surface area contributed by atoms with Gasteiger partial charge in [0.05, 0.1) is 19.9 Å². The molecule has 0 unspecified atom stereocenters. The van der Waals surface area contributed by atoms with Crippen LogP contribution in [0.15, 0.2) is 29.1 Å². The summed E-state index contributed by atoms with van der Waals surface area (Å²) in [5.74, 6) is 1.63. The van der Waals surface area contributed by atoms with Crippen LogP contribution in [0.2, 0.25) is 0 Å². The second-order valence-electron chi connectivity index (χ2n) is 6.84. The van der Waals surface area contributed by atoms with E-state index in [1.54, 1.807) is 19.1 Å². The number of ether oxygens (including phenoxy) is 2. The zero-order valence-corrected chi connectivity index (χ0v) is 16.2. The standard InChI is InChI=1S/C20H25N3O4/c1-13-9-19(24)23(21-14(13)2)12-20(25)22-8-7-15(11-22)17-10-16(26-3)5-6-18(17)27-4/h5-6,9-10,15H,7-8,11-12H2,1-4H3/t15-/m1/s1. The highest BCUT2D eigenvalue weighted by molar-refractivity contribution is 5.76. The van der Waals surface area contributed by atoms with Gasteiger partial charge in [-0.3, -0.25) is 9.59 Å². The van der Waals surface area contributed by atoms with Crippen LogP contribution in [0.1, 0.15) is 29.2 Å². The van der Waals surface area contributed by atoms with Crippen LogP contribution in [0.5, 0.6) is 11.5 Å². The first-order valence-corrected chi connectivity index (χ1v) is 8.98. The lowest BCUT2D eigenvalue weighted by Crippen LogP contribution is -2.36. The zero-order chi connectivity index (χ0) is 19.6. The molecule has 1 aliphatic heterocycles. The number of carbonyl (C=O) groups is 1. The minimum absolute atomic E-state index is 0.0398. The fourth-order valence-corrected chi connectivity index (χ4v) is 3.41. The van der Waals surface area contributed by atoms with E-state index in [2.05, 4.69) is 5.10 Å². The third-order valence-electron chi connectivity index (χ3n) is 5.14. The van der Waals surface area contributed by atoms with Gasteiger partial charge in [-0.2, -0.15) is 5.10 Å².